The summed E-state index contributed by atoms with van der Waals surface area (Å²) >= 11 is 0. The van der Waals surface area contributed by atoms with Gasteiger partial charge in [0.25, 0.3) is 0 Å². The number of hydrogen-bond donors (Lipinski definition) is 2. The largest absolute Gasteiger partial charge is 0.381 e. The zero-order valence-corrected chi connectivity index (χ0v) is 5.44. The number of fused-ring (bicyclic) bond motifs is 1. The molecule has 0 fully saturated rings. The summed E-state index contributed by atoms with van der Waals surface area (Å²) in [6.07, 6.45) is 1.90. The predicted octanol–water partition coefficient (Wildman–Crippen LogP) is 0.326. The minimum absolute atomic E-state index is 0.144. The van der Waals surface area contributed by atoms with Crippen molar-refractivity contribution in [2.24, 2.45) is 0 Å². The van der Waals surface area contributed by atoms with E-state index in [0.29, 0.717) is 5.69 Å². The average Bonchev–Trinajstić information content (AvgIpc) is 2.34. The molecule has 0 atom stereocenters. The Balaban J connectivity index is 2.55. The summed E-state index contributed by atoms with van der Waals surface area (Å²) in [5.41, 5.74) is 0.473. The lowest BCUT2D eigenvalue weighted by Crippen LogP contribution is -2.15. The quantitative estimate of drug-likeness (QED) is 0.545. The van der Waals surface area contributed by atoms with E-state index >= 15 is 0 Å². The van der Waals surface area contributed by atoms with Crippen LogP contribution in [0, 0.1) is 0 Å². The lowest BCUT2D eigenvalue weighted by molar-refractivity contribution is 0.375. The number of aryl methyl sites for hydroxylation is 1. The fourth-order valence-electron chi connectivity index (χ4n) is 1.15. The number of rotatable bonds is 0. The Labute approximate surface area is 57.2 Å². The summed E-state index contributed by atoms with van der Waals surface area (Å²) in [7, 11) is 0. The number of anilines is 1. The first-order valence-corrected chi connectivity index (χ1v) is 3.32. The molecule has 0 aliphatic carbocycles. The van der Waals surface area contributed by atoms with E-state index in [2.05, 4.69) is 10.5 Å². The molecule has 4 heteroatoms. The highest BCUT2D eigenvalue weighted by Gasteiger charge is 2.15. The van der Waals surface area contributed by atoms with E-state index in [1.54, 1.807) is 0 Å². The molecule has 0 bridgehead atoms. The van der Waals surface area contributed by atoms with Gasteiger partial charge in [-0.05, 0) is 6.42 Å². The third-order valence-electron chi connectivity index (χ3n) is 1.66. The Morgan fingerprint density at radius 3 is 3.20 bits per heavy atom. The van der Waals surface area contributed by atoms with E-state index in [1.807, 2.05) is 0 Å². The third kappa shape index (κ3) is 0.650. The summed E-state index contributed by atoms with van der Waals surface area (Å²) in [5.74, 6) is 0.760. The zero-order chi connectivity index (χ0) is 6.97. The van der Waals surface area contributed by atoms with Crippen molar-refractivity contribution in [2.75, 3.05) is 11.9 Å². The molecule has 2 rings (SSSR count). The van der Waals surface area contributed by atoms with Gasteiger partial charge < -0.3 is 9.84 Å². The van der Waals surface area contributed by atoms with Gasteiger partial charge in [-0.15, -0.1) is 0 Å². The monoisotopic (exact) mass is 140 g/mol. The second-order valence-corrected chi connectivity index (χ2v) is 2.36. The standard InChI is InChI=1S/C6H8N2O2/c9-6-5-4(10-8-6)2-1-3-7-5/h7H,1-3H2,(H,8,9). The van der Waals surface area contributed by atoms with Crippen LogP contribution in [0.4, 0.5) is 5.69 Å². The van der Waals surface area contributed by atoms with Gasteiger partial charge in [-0.2, -0.15) is 5.16 Å². The minimum atomic E-state index is -0.144. The Morgan fingerprint density at radius 2 is 2.40 bits per heavy atom. The van der Waals surface area contributed by atoms with Crippen molar-refractivity contribution in [3.63, 3.8) is 0 Å². The van der Waals surface area contributed by atoms with Crippen molar-refractivity contribution < 1.29 is 4.52 Å². The molecule has 2 N–H and O–H groups in total. The molecule has 0 unspecified atom stereocenters. The summed E-state index contributed by atoms with van der Waals surface area (Å²) in [6.45, 7) is 0.871. The molecule has 1 aromatic heterocycles. The van der Waals surface area contributed by atoms with Crippen molar-refractivity contribution in [3.05, 3.63) is 16.1 Å². The van der Waals surface area contributed by atoms with Crippen molar-refractivity contribution >= 4 is 5.69 Å². The molecule has 10 heavy (non-hydrogen) atoms. The molecule has 1 aliphatic heterocycles. The molecule has 0 aromatic carbocycles. The summed E-state index contributed by atoms with van der Waals surface area (Å²) in [6, 6.07) is 0. The SMILES string of the molecule is O=c1[nH]oc2c1NCCC2. The van der Waals surface area contributed by atoms with E-state index in [4.69, 9.17) is 4.52 Å². The first-order valence-electron chi connectivity index (χ1n) is 3.32. The molecule has 1 aromatic rings. The first kappa shape index (κ1) is 5.58. The van der Waals surface area contributed by atoms with Crippen LogP contribution in [-0.4, -0.2) is 11.7 Å². The highest BCUT2D eigenvalue weighted by molar-refractivity contribution is 5.45. The first-order chi connectivity index (χ1) is 4.88. The fraction of sp³-hybridized carbons (Fsp3) is 0.500. The molecule has 1 aliphatic rings. The van der Waals surface area contributed by atoms with Gasteiger partial charge in [0.2, 0.25) is 0 Å². The maximum Gasteiger partial charge on any atom is 0.303 e. The van der Waals surface area contributed by atoms with Crippen LogP contribution in [0.3, 0.4) is 0 Å². The van der Waals surface area contributed by atoms with Crippen molar-refractivity contribution in [1.29, 1.82) is 0 Å². The Kier molecular flexibility index (Phi) is 1.06. The lowest BCUT2D eigenvalue weighted by atomic mass is 10.2. The molecule has 0 amide bonds. The molecule has 0 saturated carbocycles. The Morgan fingerprint density at radius 1 is 1.50 bits per heavy atom. The molecule has 4 nitrogen and oxygen atoms in total. The lowest BCUT2D eigenvalue weighted by Gasteiger charge is -2.08. The van der Waals surface area contributed by atoms with Gasteiger partial charge in [-0.25, -0.2) is 0 Å². The topological polar surface area (TPSA) is 58.0 Å². The van der Waals surface area contributed by atoms with Crippen LogP contribution in [-0.2, 0) is 6.42 Å². The molecule has 2 heterocycles. The summed E-state index contributed by atoms with van der Waals surface area (Å²) in [4.78, 5) is 10.9. The smallest absolute Gasteiger partial charge is 0.303 e. The second kappa shape index (κ2) is 1.90. The van der Waals surface area contributed by atoms with Crippen LogP contribution in [0.25, 0.3) is 0 Å². The maximum absolute atomic E-state index is 10.9. The molecule has 0 saturated heterocycles. The van der Waals surface area contributed by atoms with E-state index in [1.165, 1.54) is 0 Å². The normalized spacial score (nSPS) is 16.0. The molecular formula is C6H8N2O2. The van der Waals surface area contributed by atoms with Crippen molar-refractivity contribution in [3.8, 4) is 0 Å². The Hall–Kier alpha value is -1.19. The number of nitrogens with one attached hydrogen (secondary N) is 2. The summed E-state index contributed by atoms with van der Waals surface area (Å²) < 4.78 is 4.89. The van der Waals surface area contributed by atoms with Crippen LogP contribution in [0.1, 0.15) is 12.2 Å². The van der Waals surface area contributed by atoms with Gasteiger partial charge in [-0.1, -0.05) is 0 Å². The van der Waals surface area contributed by atoms with E-state index in [9.17, 15) is 4.79 Å². The zero-order valence-electron chi connectivity index (χ0n) is 5.44. The highest BCUT2D eigenvalue weighted by atomic mass is 16.5. The molecule has 0 radical (unpaired) electrons. The van der Waals surface area contributed by atoms with E-state index in [0.717, 1.165) is 25.1 Å². The fourth-order valence-corrected chi connectivity index (χ4v) is 1.15. The van der Waals surface area contributed by atoms with Gasteiger partial charge in [0.1, 0.15) is 5.69 Å². The van der Waals surface area contributed by atoms with Crippen LogP contribution in [0.5, 0.6) is 0 Å². The van der Waals surface area contributed by atoms with Gasteiger partial charge in [0, 0.05) is 13.0 Å². The Bertz CT molecular complexity index is 286. The summed E-state index contributed by atoms with van der Waals surface area (Å²) in [5, 5.41) is 5.26. The maximum atomic E-state index is 10.9. The van der Waals surface area contributed by atoms with E-state index in [-0.39, 0.29) is 5.56 Å². The predicted molar refractivity (Wildman–Crippen MR) is 36.1 cm³/mol. The minimum Gasteiger partial charge on any atom is -0.381 e. The van der Waals surface area contributed by atoms with Gasteiger partial charge >= 0.3 is 5.56 Å². The van der Waals surface area contributed by atoms with Gasteiger partial charge in [0.15, 0.2) is 5.76 Å². The highest BCUT2D eigenvalue weighted by Crippen LogP contribution is 2.15. The number of hydrogen-bond acceptors (Lipinski definition) is 3. The molecule has 54 valence electrons. The molecular weight excluding hydrogens is 132 g/mol. The van der Waals surface area contributed by atoms with Crippen molar-refractivity contribution in [2.45, 2.75) is 12.8 Å². The van der Waals surface area contributed by atoms with Crippen LogP contribution in [0.15, 0.2) is 9.32 Å². The average molecular weight is 140 g/mol. The van der Waals surface area contributed by atoms with Gasteiger partial charge in [0.05, 0.1) is 0 Å². The van der Waals surface area contributed by atoms with Crippen molar-refractivity contribution in [1.82, 2.24) is 5.16 Å². The number of aromatic nitrogens is 1. The van der Waals surface area contributed by atoms with Crippen LogP contribution in [0.2, 0.25) is 0 Å². The van der Waals surface area contributed by atoms with E-state index < -0.39 is 0 Å². The van der Waals surface area contributed by atoms with Crippen LogP contribution >= 0.6 is 0 Å². The van der Waals surface area contributed by atoms with Gasteiger partial charge in [-0.3, -0.25) is 4.79 Å². The third-order valence-corrected chi connectivity index (χ3v) is 1.66. The second-order valence-electron chi connectivity index (χ2n) is 2.36. The molecule has 0 spiro atoms. The number of H-pyrrole nitrogens is 1. The van der Waals surface area contributed by atoms with Crippen LogP contribution < -0.4 is 10.9 Å². The number of aromatic amines is 1.